The molecule has 2 aliphatic carbocycles. The number of aliphatic hydroxyl groups is 14. The number of hydrogen-bond acceptors (Lipinski definition) is 21. The van der Waals surface area contributed by atoms with E-state index in [1.807, 2.05) is 0 Å². The van der Waals surface area contributed by atoms with Crippen molar-refractivity contribution in [1.82, 2.24) is 0 Å². The van der Waals surface area contributed by atoms with Gasteiger partial charge in [-0.05, 0) is 38.5 Å². The van der Waals surface area contributed by atoms with Gasteiger partial charge in [0.15, 0.2) is 18.9 Å². The lowest BCUT2D eigenvalue weighted by Gasteiger charge is -2.53. The minimum atomic E-state index is -1.85. The van der Waals surface area contributed by atoms with Gasteiger partial charge in [-0.15, -0.1) is 0 Å². The molecular formula is C33H56O21. The van der Waals surface area contributed by atoms with Crippen molar-refractivity contribution in [3.8, 4) is 0 Å². The first kappa shape index (κ1) is 42.8. The molecule has 6 fully saturated rings. The summed E-state index contributed by atoms with van der Waals surface area (Å²) in [4.78, 5) is 0. The zero-order valence-corrected chi connectivity index (χ0v) is 29.5. The Hall–Kier alpha value is -0.840. The number of ether oxygens (including phenoxy) is 7. The van der Waals surface area contributed by atoms with Crippen molar-refractivity contribution in [2.24, 2.45) is 11.8 Å². The molecule has 21 heteroatoms. The van der Waals surface area contributed by atoms with E-state index in [4.69, 9.17) is 33.2 Å². The molecule has 0 aromatic carbocycles. The van der Waals surface area contributed by atoms with E-state index < -0.39 is 166 Å². The molecule has 0 spiro atoms. The van der Waals surface area contributed by atoms with Gasteiger partial charge >= 0.3 is 0 Å². The number of hydrogen-bond donors (Lipinski definition) is 14. The van der Waals surface area contributed by atoms with Crippen LogP contribution in [-0.2, 0) is 33.2 Å². The smallest absolute Gasteiger partial charge is 0.187 e. The molecule has 314 valence electrons. The number of rotatable bonds is 9. The molecule has 6 aliphatic rings. The Morgan fingerprint density at radius 2 is 1.04 bits per heavy atom. The van der Waals surface area contributed by atoms with E-state index in [0.29, 0.717) is 0 Å². The van der Waals surface area contributed by atoms with Crippen LogP contribution in [0.25, 0.3) is 0 Å². The fourth-order valence-electron chi connectivity index (χ4n) is 8.63. The third-order valence-electron chi connectivity index (χ3n) is 11.9. The lowest BCUT2D eigenvalue weighted by atomic mass is 9.72. The molecule has 23 atom stereocenters. The second kappa shape index (κ2) is 17.6. The van der Waals surface area contributed by atoms with Crippen LogP contribution in [0.4, 0.5) is 0 Å². The monoisotopic (exact) mass is 788 g/mol. The summed E-state index contributed by atoms with van der Waals surface area (Å²) in [7, 11) is 0. The zero-order chi connectivity index (χ0) is 39.3. The Balaban J connectivity index is 1.22. The summed E-state index contributed by atoms with van der Waals surface area (Å²) in [6.45, 7) is 0.188. The Morgan fingerprint density at radius 1 is 0.500 bits per heavy atom. The highest BCUT2D eigenvalue weighted by Crippen LogP contribution is 2.45. The molecule has 14 N–H and O–H groups in total. The summed E-state index contributed by atoms with van der Waals surface area (Å²) >= 11 is 0. The molecular weight excluding hydrogens is 732 g/mol. The minimum absolute atomic E-state index is 0.00368. The van der Waals surface area contributed by atoms with Crippen molar-refractivity contribution in [2.45, 2.75) is 180 Å². The van der Waals surface area contributed by atoms with Gasteiger partial charge in [0.25, 0.3) is 0 Å². The largest absolute Gasteiger partial charge is 0.394 e. The van der Waals surface area contributed by atoms with Gasteiger partial charge in [0.1, 0.15) is 73.2 Å². The number of fused-ring (bicyclic) bond motifs is 1. The van der Waals surface area contributed by atoms with Crippen LogP contribution in [0.1, 0.15) is 39.0 Å². The summed E-state index contributed by atoms with van der Waals surface area (Å²) in [6, 6.07) is 0. The molecule has 0 aromatic heterocycles. The van der Waals surface area contributed by atoms with Gasteiger partial charge in [0, 0.05) is 12.3 Å². The molecule has 8 unspecified atom stereocenters. The Labute approximate surface area is 309 Å². The van der Waals surface area contributed by atoms with Crippen molar-refractivity contribution >= 4 is 0 Å². The van der Waals surface area contributed by atoms with Crippen molar-refractivity contribution in [1.29, 1.82) is 0 Å². The minimum Gasteiger partial charge on any atom is -0.394 e. The Kier molecular flexibility index (Phi) is 13.9. The van der Waals surface area contributed by atoms with E-state index in [2.05, 4.69) is 0 Å². The molecule has 4 saturated heterocycles. The maximum atomic E-state index is 11.0. The normalized spacial score (nSPS) is 55.9. The molecule has 2 saturated carbocycles. The first-order valence-electron chi connectivity index (χ1n) is 18.5. The predicted octanol–water partition coefficient (Wildman–Crippen LogP) is -7.37. The first-order chi connectivity index (χ1) is 25.5. The summed E-state index contributed by atoms with van der Waals surface area (Å²) < 4.78 is 41.4. The average molecular weight is 789 g/mol. The first-order valence-corrected chi connectivity index (χ1v) is 18.5. The van der Waals surface area contributed by atoms with E-state index in [9.17, 15) is 71.5 Å². The van der Waals surface area contributed by atoms with Crippen LogP contribution >= 0.6 is 0 Å². The van der Waals surface area contributed by atoms with Gasteiger partial charge in [-0.25, -0.2) is 0 Å². The second-order valence-corrected chi connectivity index (χ2v) is 15.6. The summed E-state index contributed by atoms with van der Waals surface area (Å²) in [5.41, 5.74) is 0. The Morgan fingerprint density at radius 3 is 1.65 bits per heavy atom. The van der Waals surface area contributed by atoms with Crippen LogP contribution in [0.3, 0.4) is 0 Å². The fourth-order valence-corrected chi connectivity index (χ4v) is 8.63. The zero-order valence-electron chi connectivity index (χ0n) is 29.5. The highest BCUT2D eigenvalue weighted by Gasteiger charge is 2.55. The van der Waals surface area contributed by atoms with E-state index in [-0.39, 0.29) is 32.1 Å². The predicted molar refractivity (Wildman–Crippen MR) is 171 cm³/mol. The maximum Gasteiger partial charge on any atom is 0.187 e. The van der Waals surface area contributed by atoms with Crippen molar-refractivity contribution in [3.05, 3.63) is 0 Å². The average Bonchev–Trinajstić information content (AvgIpc) is 3.14. The van der Waals surface area contributed by atoms with E-state index >= 15 is 0 Å². The van der Waals surface area contributed by atoms with E-state index in [1.165, 1.54) is 6.92 Å². The van der Waals surface area contributed by atoms with Gasteiger partial charge in [-0.3, -0.25) is 0 Å². The van der Waals surface area contributed by atoms with E-state index in [1.54, 1.807) is 0 Å². The van der Waals surface area contributed by atoms with Crippen molar-refractivity contribution in [3.63, 3.8) is 0 Å². The van der Waals surface area contributed by atoms with Gasteiger partial charge in [-0.1, -0.05) is 0 Å². The molecule has 4 heterocycles. The molecule has 54 heavy (non-hydrogen) atoms. The fraction of sp³-hybridized carbons (Fsp3) is 1.00. The van der Waals surface area contributed by atoms with Gasteiger partial charge < -0.3 is 105 Å². The Bertz CT molecular complexity index is 1190. The highest BCUT2D eigenvalue weighted by molar-refractivity contribution is 5.01. The van der Waals surface area contributed by atoms with Crippen LogP contribution in [-0.4, -0.2) is 226 Å². The van der Waals surface area contributed by atoms with Gasteiger partial charge in [0.05, 0.1) is 62.0 Å². The molecule has 0 radical (unpaired) electrons. The summed E-state index contributed by atoms with van der Waals surface area (Å²) in [5, 5.41) is 146. The molecule has 6 rings (SSSR count). The van der Waals surface area contributed by atoms with Crippen LogP contribution in [0, 0.1) is 11.8 Å². The van der Waals surface area contributed by atoms with Crippen LogP contribution < -0.4 is 0 Å². The topological polar surface area (TPSA) is 348 Å². The third kappa shape index (κ3) is 8.63. The van der Waals surface area contributed by atoms with Crippen LogP contribution in [0.5, 0.6) is 0 Å². The SMILES string of the molecule is C[C@@H]1O[C@@H](OC[C@H]2O[C@@H](OC3CC4C(CC(O)CC4O[C@@H]4O[C@H](CO)[C@@H](O)[C@H](O)[C@H]4O)OC3C3CC(O)C(O)C(O)C3)[C@H](O)[C@@H](O)[C@@H]2O)[C@H](O)[C@H](O)[C@H]1O. The second-order valence-electron chi connectivity index (χ2n) is 15.6. The molecule has 0 bridgehead atoms. The lowest BCUT2D eigenvalue weighted by Crippen LogP contribution is -2.64. The van der Waals surface area contributed by atoms with Crippen LogP contribution in [0.15, 0.2) is 0 Å². The van der Waals surface area contributed by atoms with Crippen LogP contribution in [0.2, 0.25) is 0 Å². The van der Waals surface area contributed by atoms with Crippen molar-refractivity contribution in [2.75, 3.05) is 13.2 Å². The molecule has 0 aromatic rings. The van der Waals surface area contributed by atoms with Gasteiger partial charge in [-0.2, -0.15) is 0 Å². The summed E-state index contributed by atoms with van der Waals surface area (Å²) in [6.07, 6.45) is -32.3. The molecule has 21 nitrogen and oxygen atoms in total. The lowest BCUT2D eigenvalue weighted by molar-refractivity contribution is -0.352. The van der Waals surface area contributed by atoms with E-state index in [0.717, 1.165) is 0 Å². The quantitative estimate of drug-likeness (QED) is 0.103. The standard InChI is InChI=1S/C33H56O21/c1-9-20(38)24(42)27(45)31(49-9)48-8-19-23(41)26(44)29(47)33(54-19)52-17-6-12-15(50-30(17)10-2-13(36)21(39)14(37)3-10)4-11(35)5-16(12)51-32-28(46)25(43)22(40)18(7-34)53-32/h9-47H,2-8H2,1H3/t9-,10?,11?,12?,13?,14?,15?,16?,17?,18+,19+,20-,21?,22+,23+,24+,25-,26-,27+,28+,29+,30?,31+,32+,33+/m0/s1. The van der Waals surface area contributed by atoms with Gasteiger partial charge in [0.2, 0.25) is 0 Å². The highest BCUT2D eigenvalue weighted by atomic mass is 16.7. The maximum absolute atomic E-state index is 11.0. The third-order valence-corrected chi connectivity index (χ3v) is 11.9. The molecule has 4 aliphatic heterocycles. The van der Waals surface area contributed by atoms with Crippen molar-refractivity contribution < 1.29 is 105 Å². The number of aliphatic hydroxyl groups excluding tert-OH is 14. The summed E-state index contributed by atoms with van der Waals surface area (Å²) in [5.74, 6) is -1.30. The molecule has 0 amide bonds.